The molecule has 2 aromatic carbocycles. The van der Waals surface area contributed by atoms with E-state index in [4.69, 9.17) is 4.74 Å². The molecule has 0 saturated heterocycles. The highest BCUT2D eigenvalue weighted by Gasteiger charge is 2.21. The SMILES string of the molecule is COc1ccc(F)c(F)c1-c1nc2c(cnn2-c2ccccc2)[nH]1. The molecule has 0 aliphatic carbocycles. The fourth-order valence-corrected chi connectivity index (χ4v) is 2.60. The maximum Gasteiger partial charge on any atom is 0.181 e. The molecule has 4 aromatic rings. The molecule has 120 valence electrons. The molecule has 0 aliphatic rings. The van der Waals surface area contributed by atoms with Crippen molar-refractivity contribution < 1.29 is 13.5 Å². The van der Waals surface area contributed by atoms with Gasteiger partial charge in [0, 0.05) is 0 Å². The summed E-state index contributed by atoms with van der Waals surface area (Å²) in [4.78, 5) is 7.35. The van der Waals surface area contributed by atoms with Crippen molar-refractivity contribution in [3.05, 3.63) is 60.3 Å². The van der Waals surface area contributed by atoms with Gasteiger partial charge in [0.05, 0.1) is 24.6 Å². The Hall–Kier alpha value is -3.22. The summed E-state index contributed by atoms with van der Waals surface area (Å²) in [6.07, 6.45) is 1.59. The van der Waals surface area contributed by atoms with Gasteiger partial charge in [-0.3, -0.25) is 0 Å². The molecule has 24 heavy (non-hydrogen) atoms. The molecule has 0 atom stereocenters. The number of H-pyrrole nitrogens is 1. The Balaban J connectivity index is 1.92. The van der Waals surface area contributed by atoms with Crippen LogP contribution in [0, 0.1) is 11.6 Å². The van der Waals surface area contributed by atoms with Crippen LogP contribution < -0.4 is 4.74 Å². The fourth-order valence-electron chi connectivity index (χ4n) is 2.60. The molecule has 0 bridgehead atoms. The monoisotopic (exact) mass is 326 g/mol. The van der Waals surface area contributed by atoms with Crippen LogP contribution in [0.3, 0.4) is 0 Å². The second-order valence-electron chi connectivity index (χ2n) is 5.15. The Morgan fingerprint density at radius 2 is 1.88 bits per heavy atom. The number of rotatable bonds is 3. The minimum atomic E-state index is -1.01. The molecular weight excluding hydrogens is 314 g/mol. The van der Waals surface area contributed by atoms with Crippen molar-refractivity contribution in [2.75, 3.05) is 7.11 Å². The molecule has 2 heterocycles. The van der Waals surface area contributed by atoms with Gasteiger partial charge in [0.25, 0.3) is 0 Å². The van der Waals surface area contributed by atoms with Gasteiger partial charge in [-0.25, -0.2) is 18.4 Å². The van der Waals surface area contributed by atoms with Crippen molar-refractivity contribution in [2.24, 2.45) is 0 Å². The topological polar surface area (TPSA) is 55.7 Å². The van der Waals surface area contributed by atoms with Crippen LogP contribution in [-0.2, 0) is 0 Å². The van der Waals surface area contributed by atoms with Gasteiger partial charge >= 0.3 is 0 Å². The van der Waals surface area contributed by atoms with Crippen molar-refractivity contribution in [1.29, 1.82) is 0 Å². The Labute approximate surface area is 135 Å². The van der Waals surface area contributed by atoms with E-state index in [0.29, 0.717) is 11.2 Å². The molecule has 0 fully saturated rings. The molecule has 0 aliphatic heterocycles. The van der Waals surface area contributed by atoms with E-state index in [1.807, 2.05) is 30.3 Å². The zero-order valence-electron chi connectivity index (χ0n) is 12.6. The highest BCUT2D eigenvalue weighted by molar-refractivity contribution is 5.79. The molecule has 1 N–H and O–H groups in total. The summed E-state index contributed by atoms with van der Waals surface area (Å²) in [5.74, 6) is -1.59. The largest absolute Gasteiger partial charge is 0.496 e. The molecule has 7 heteroatoms. The maximum absolute atomic E-state index is 14.3. The smallest absolute Gasteiger partial charge is 0.181 e. The third kappa shape index (κ3) is 2.13. The van der Waals surface area contributed by atoms with Gasteiger partial charge in [0.15, 0.2) is 17.3 Å². The lowest BCUT2D eigenvalue weighted by atomic mass is 10.1. The fraction of sp³-hybridized carbons (Fsp3) is 0.0588. The van der Waals surface area contributed by atoms with Gasteiger partial charge in [-0.15, -0.1) is 0 Å². The van der Waals surface area contributed by atoms with E-state index >= 15 is 0 Å². The number of nitrogens with zero attached hydrogens (tertiary/aromatic N) is 3. The molecule has 0 unspecified atom stereocenters. The van der Waals surface area contributed by atoms with Crippen molar-refractivity contribution in [2.45, 2.75) is 0 Å². The second-order valence-corrected chi connectivity index (χ2v) is 5.15. The molecule has 4 rings (SSSR count). The average Bonchev–Trinajstić information content (AvgIpc) is 3.18. The zero-order valence-corrected chi connectivity index (χ0v) is 12.6. The quantitative estimate of drug-likeness (QED) is 0.624. The van der Waals surface area contributed by atoms with Crippen LogP contribution >= 0.6 is 0 Å². The first-order chi connectivity index (χ1) is 11.7. The predicted octanol–water partition coefficient (Wildman–Crippen LogP) is 3.70. The molecule has 0 amide bonds. The molecule has 5 nitrogen and oxygen atoms in total. The number of imidazole rings is 1. The van der Waals surface area contributed by atoms with Gasteiger partial charge in [0.1, 0.15) is 17.1 Å². The number of nitrogens with one attached hydrogen (secondary N) is 1. The van der Waals surface area contributed by atoms with Crippen LogP contribution in [0.25, 0.3) is 28.2 Å². The molecule has 0 radical (unpaired) electrons. The van der Waals surface area contributed by atoms with E-state index in [2.05, 4.69) is 15.1 Å². The van der Waals surface area contributed by atoms with Gasteiger partial charge < -0.3 is 9.72 Å². The number of benzene rings is 2. The lowest BCUT2D eigenvalue weighted by molar-refractivity contribution is 0.408. The Kier molecular flexibility index (Phi) is 3.26. The van der Waals surface area contributed by atoms with Gasteiger partial charge in [-0.1, -0.05) is 18.2 Å². The molecule has 0 spiro atoms. The third-order valence-corrected chi connectivity index (χ3v) is 3.73. The number of para-hydroxylation sites is 1. The number of aromatic nitrogens is 4. The normalized spacial score (nSPS) is 11.1. The number of fused-ring (bicyclic) bond motifs is 1. The minimum Gasteiger partial charge on any atom is -0.496 e. The summed E-state index contributed by atoms with van der Waals surface area (Å²) in [7, 11) is 1.39. The summed E-state index contributed by atoms with van der Waals surface area (Å²) in [5.41, 5.74) is 1.90. The van der Waals surface area contributed by atoms with Crippen molar-refractivity contribution >= 4 is 11.2 Å². The third-order valence-electron chi connectivity index (χ3n) is 3.73. The zero-order chi connectivity index (χ0) is 16.7. The van der Waals surface area contributed by atoms with Crippen molar-refractivity contribution in [3.8, 4) is 22.8 Å². The van der Waals surface area contributed by atoms with Gasteiger partial charge in [-0.2, -0.15) is 5.10 Å². The van der Waals surface area contributed by atoms with Crippen LogP contribution in [0.1, 0.15) is 0 Å². The number of hydrogen-bond acceptors (Lipinski definition) is 3. The standard InChI is InChI=1S/C17H12F2N4O/c1-24-13-8-7-11(18)15(19)14(13)16-21-12-9-20-23(17(12)22-16)10-5-3-2-4-6-10/h2-9H,1H3,(H,21,22). The number of aromatic amines is 1. The summed E-state index contributed by atoms with van der Waals surface area (Å²) < 4.78 is 34.6. The Morgan fingerprint density at radius 1 is 1.08 bits per heavy atom. The average molecular weight is 326 g/mol. The van der Waals surface area contributed by atoms with E-state index in [-0.39, 0.29) is 17.1 Å². The first kappa shape index (κ1) is 14.4. The minimum absolute atomic E-state index is 0.0479. The first-order valence-corrected chi connectivity index (χ1v) is 7.20. The van der Waals surface area contributed by atoms with E-state index < -0.39 is 11.6 Å². The number of hydrogen-bond donors (Lipinski definition) is 1. The van der Waals surface area contributed by atoms with Gasteiger partial charge in [-0.05, 0) is 24.3 Å². The van der Waals surface area contributed by atoms with Crippen LogP contribution in [0.15, 0.2) is 48.7 Å². The molecule has 0 saturated carbocycles. The summed E-state index contributed by atoms with van der Waals surface area (Å²) in [6.45, 7) is 0. The van der Waals surface area contributed by atoms with Crippen LogP contribution in [0.4, 0.5) is 8.78 Å². The first-order valence-electron chi connectivity index (χ1n) is 7.20. The Bertz CT molecular complexity index is 1020. The lowest BCUT2D eigenvalue weighted by Crippen LogP contribution is -1.98. The number of methoxy groups -OCH3 is 1. The van der Waals surface area contributed by atoms with Crippen molar-refractivity contribution in [1.82, 2.24) is 19.7 Å². The van der Waals surface area contributed by atoms with Gasteiger partial charge in [0.2, 0.25) is 0 Å². The molecule has 2 aromatic heterocycles. The van der Waals surface area contributed by atoms with Crippen LogP contribution in [-0.4, -0.2) is 26.9 Å². The number of halogens is 2. The molecular formula is C17H12F2N4O. The lowest BCUT2D eigenvalue weighted by Gasteiger charge is -2.07. The summed E-state index contributed by atoms with van der Waals surface area (Å²) in [5, 5.41) is 4.27. The maximum atomic E-state index is 14.3. The number of ether oxygens (including phenoxy) is 1. The second kappa shape index (κ2) is 5.45. The van der Waals surface area contributed by atoms with E-state index in [1.165, 1.54) is 13.2 Å². The highest BCUT2D eigenvalue weighted by Crippen LogP contribution is 2.33. The summed E-state index contributed by atoms with van der Waals surface area (Å²) in [6, 6.07) is 11.8. The Morgan fingerprint density at radius 3 is 2.62 bits per heavy atom. The summed E-state index contributed by atoms with van der Waals surface area (Å²) >= 11 is 0. The van der Waals surface area contributed by atoms with E-state index in [1.54, 1.807) is 10.9 Å². The highest BCUT2D eigenvalue weighted by atomic mass is 19.2. The van der Waals surface area contributed by atoms with E-state index in [9.17, 15) is 8.78 Å². The van der Waals surface area contributed by atoms with Crippen molar-refractivity contribution in [3.63, 3.8) is 0 Å². The van der Waals surface area contributed by atoms with Crippen LogP contribution in [0.5, 0.6) is 5.75 Å². The predicted molar refractivity (Wildman–Crippen MR) is 85.1 cm³/mol. The van der Waals surface area contributed by atoms with E-state index in [0.717, 1.165) is 11.8 Å². The van der Waals surface area contributed by atoms with Crippen LogP contribution in [0.2, 0.25) is 0 Å².